The van der Waals surface area contributed by atoms with Crippen molar-refractivity contribution in [2.75, 3.05) is 7.11 Å². The number of esters is 1. The predicted octanol–water partition coefficient (Wildman–Crippen LogP) is 4.69. The van der Waals surface area contributed by atoms with Gasteiger partial charge in [-0.3, -0.25) is 0 Å². The van der Waals surface area contributed by atoms with Gasteiger partial charge in [-0.15, -0.1) is 11.8 Å². The standard InChI is InChI=1S/C18H20O2S/c1-12-9-13(2)16(14(3)10-12)11-21-17-8-6-5-7-15(17)18(19)20-4/h5-10H,11H2,1-4H3. The summed E-state index contributed by atoms with van der Waals surface area (Å²) in [5, 5.41) is 0. The molecule has 0 aromatic heterocycles. The van der Waals surface area contributed by atoms with Gasteiger partial charge in [0, 0.05) is 10.6 Å². The summed E-state index contributed by atoms with van der Waals surface area (Å²) in [6, 6.07) is 12.0. The number of ether oxygens (including phenoxy) is 1. The molecule has 0 bridgehead atoms. The van der Waals surface area contributed by atoms with Crippen molar-refractivity contribution in [2.24, 2.45) is 0 Å². The van der Waals surface area contributed by atoms with Crippen LogP contribution in [0.2, 0.25) is 0 Å². The van der Waals surface area contributed by atoms with E-state index in [1.807, 2.05) is 24.3 Å². The van der Waals surface area contributed by atoms with Crippen LogP contribution in [-0.2, 0) is 10.5 Å². The molecule has 0 amide bonds. The maximum absolute atomic E-state index is 11.8. The molecule has 0 aliphatic carbocycles. The zero-order valence-electron chi connectivity index (χ0n) is 12.9. The highest BCUT2D eigenvalue weighted by Crippen LogP contribution is 2.29. The van der Waals surface area contributed by atoms with E-state index in [2.05, 4.69) is 32.9 Å². The first-order chi connectivity index (χ1) is 10.0. The average molecular weight is 300 g/mol. The predicted molar refractivity (Wildman–Crippen MR) is 88.0 cm³/mol. The Balaban J connectivity index is 2.23. The van der Waals surface area contributed by atoms with Crippen molar-refractivity contribution in [3.63, 3.8) is 0 Å². The molecule has 110 valence electrons. The van der Waals surface area contributed by atoms with Gasteiger partial charge in [0.05, 0.1) is 12.7 Å². The number of methoxy groups -OCH3 is 1. The second-order valence-corrected chi connectivity index (χ2v) is 6.17. The fourth-order valence-electron chi connectivity index (χ4n) is 2.46. The van der Waals surface area contributed by atoms with E-state index in [1.54, 1.807) is 11.8 Å². The molecule has 2 nitrogen and oxygen atoms in total. The highest BCUT2D eigenvalue weighted by Gasteiger charge is 2.12. The molecule has 0 aliphatic rings. The molecule has 0 radical (unpaired) electrons. The number of hydrogen-bond acceptors (Lipinski definition) is 3. The molecular formula is C18H20O2S. The SMILES string of the molecule is COC(=O)c1ccccc1SCc1c(C)cc(C)cc1C. The minimum Gasteiger partial charge on any atom is -0.465 e. The fourth-order valence-corrected chi connectivity index (χ4v) is 3.70. The topological polar surface area (TPSA) is 26.3 Å². The second-order valence-electron chi connectivity index (χ2n) is 5.15. The van der Waals surface area contributed by atoms with Crippen LogP contribution in [0.1, 0.15) is 32.6 Å². The van der Waals surface area contributed by atoms with Crippen LogP contribution >= 0.6 is 11.8 Å². The Bertz CT molecular complexity index is 639. The molecule has 2 aromatic rings. The average Bonchev–Trinajstić information content (AvgIpc) is 2.45. The lowest BCUT2D eigenvalue weighted by Gasteiger charge is -2.12. The van der Waals surface area contributed by atoms with Crippen LogP contribution in [0.15, 0.2) is 41.3 Å². The smallest absolute Gasteiger partial charge is 0.338 e. The summed E-state index contributed by atoms with van der Waals surface area (Å²) in [5.41, 5.74) is 5.86. The lowest BCUT2D eigenvalue weighted by atomic mass is 10.0. The van der Waals surface area contributed by atoms with E-state index in [9.17, 15) is 4.79 Å². The summed E-state index contributed by atoms with van der Waals surface area (Å²) in [4.78, 5) is 12.8. The molecule has 0 atom stereocenters. The van der Waals surface area contributed by atoms with E-state index < -0.39 is 0 Å². The summed E-state index contributed by atoms with van der Waals surface area (Å²) in [6.45, 7) is 6.40. The molecule has 21 heavy (non-hydrogen) atoms. The molecule has 0 heterocycles. The molecule has 0 N–H and O–H groups in total. The van der Waals surface area contributed by atoms with Crippen LogP contribution in [0.5, 0.6) is 0 Å². The Labute approximate surface area is 130 Å². The number of benzene rings is 2. The minimum atomic E-state index is -0.282. The first-order valence-electron chi connectivity index (χ1n) is 6.89. The van der Waals surface area contributed by atoms with Gasteiger partial charge in [0.15, 0.2) is 0 Å². The van der Waals surface area contributed by atoms with E-state index in [0.29, 0.717) is 5.56 Å². The van der Waals surface area contributed by atoms with Gasteiger partial charge in [-0.05, 0) is 49.6 Å². The molecule has 0 fully saturated rings. The van der Waals surface area contributed by atoms with Crippen LogP contribution < -0.4 is 0 Å². The van der Waals surface area contributed by atoms with E-state index in [4.69, 9.17) is 4.74 Å². The number of carbonyl (C=O) groups is 1. The first-order valence-corrected chi connectivity index (χ1v) is 7.88. The van der Waals surface area contributed by atoms with Gasteiger partial charge < -0.3 is 4.74 Å². The van der Waals surface area contributed by atoms with Crippen molar-refractivity contribution in [3.05, 3.63) is 64.2 Å². The first kappa shape index (κ1) is 15.6. The van der Waals surface area contributed by atoms with Gasteiger partial charge in [0.25, 0.3) is 0 Å². The molecule has 2 aromatic carbocycles. The normalized spacial score (nSPS) is 10.5. The molecule has 0 saturated heterocycles. The summed E-state index contributed by atoms with van der Waals surface area (Å²) in [5.74, 6) is 0.571. The summed E-state index contributed by atoms with van der Waals surface area (Å²) in [6.07, 6.45) is 0. The number of rotatable bonds is 4. The summed E-state index contributed by atoms with van der Waals surface area (Å²) in [7, 11) is 1.41. The quantitative estimate of drug-likeness (QED) is 0.605. The van der Waals surface area contributed by atoms with Crippen molar-refractivity contribution in [2.45, 2.75) is 31.4 Å². The molecule has 0 aliphatic heterocycles. The molecule has 0 saturated carbocycles. The lowest BCUT2D eigenvalue weighted by Crippen LogP contribution is -2.03. The van der Waals surface area contributed by atoms with E-state index in [1.165, 1.54) is 29.4 Å². The van der Waals surface area contributed by atoms with Gasteiger partial charge in [-0.2, -0.15) is 0 Å². The van der Waals surface area contributed by atoms with Crippen LogP contribution in [0.4, 0.5) is 0 Å². The van der Waals surface area contributed by atoms with Crippen molar-refractivity contribution in [1.82, 2.24) is 0 Å². The Morgan fingerprint density at radius 3 is 2.33 bits per heavy atom. The maximum atomic E-state index is 11.8. The van der Waals surface area contributed by atoms with Crippen LogP contribution in [0, 0.1) is 20.8 Å². The van der Waals surface area contributed by atoms with Gasteiger partial charge in [0.1, 0.15) is 0 Å². The third-order valence-electron chi connectivity index (χ3n) is 3.50. The Morgan fingerprint density at radius 1 is 1.10 bits per heavy atom. The van der Waals surface area contributed by atoms with Gasteiger partial charge >= 0.3 is 5.97 Å². The maximum Gasteiger partial charge on any atom is 0.338 e. The van der Waals surface area contributed by atoms with Gasteiger partial charge in [-0.25, -0.2) is 4.79 Å². The Hall–Kier alpha value is -1.74. The van der Waals surface area contributed by atoms with Crippen LogP contribution in [-0.4, -0.2) is 13.1 Å². The Morgan fingerprint density at radius 2 is 1.71 bits per heavy atom. The molecule has 0 spiro atoms. The zero-order valence-corrected chi connectivity index (χ0v) is 13.7. The third-order valence-corrected chi connectivity index (χ3v) is 4.60. The van der Waals surface area contributed by atoms with E-state index in [0.717, 1.165) is 10.6 Å². The summed E-state index contributed by atoms with van der Waals surface area (Å²) >= 11 is 1.68. The number of thioether (sulfide) groups is 1. The number of carbonyl (C=O) groups excluding carboxylic acids is 1. The highest BCUT2D eigenvalue weighted by molar-refractivity contribution is 7.98. The van der Waals surface area contributed by atoms with Crippen molar-refractivity contribution < 1.29 is 9.53 Å². The van der Waals surface area contributed by atoms with Crippen LogP contribution in [0.3, 0.4) is 0 Å². The third kappa shape index (κ3) is 3.67. The zero-order chi connectivity index (χ0) is 15.4. The van der Waals surface area contributed by atoms with Crippen molar-refractivity contribution in [3.8, 4) is 0 Å². The largest absolute Gasteiger partial charge is 0.465 e. The molecular weight excluding hydrogens is 280 g/mol. The van der Waals surface area contributed by atoms with Crippen LogP contribution in [0.25, 0.3) is 0 Å². The molecule has 3 heteroatoms. The fraction of sp³-hybridized carbons (Fsp3) is 0.278. The van der Waals surface area contributed by atoms with Crippen molar-refractivity contribution >= 4 is 17.7 Å². The van der Waals surface area contributed by atoms with Crippen molar-refractivity contribution in [1.29, 1.82) is 0 Å². The highest BCUT2D eigenvalue weighted by atomic mass is 32.2. The second kappa shape index (κ2) is 6.81. The number of hydrogen-bond donors (Lipinski definition) is 0. The summed E-state index contributed by atoms with van der Waals surface area (Å²) < 4.78 is 4.84. The van der Waals surface area contributed by atoms with E-state index >= 15 is 0 Å². The van der Waals surface area contributed by atoms with Gasteiger partial charge in [-0.1, -0.05) is 29.8 Å². The number of aryl methyl sites for hydroxylation is 3. The van der Waals surface area contributed by atoms with Gasteiger partial charge in [0.2, 0.25) is 0 Å². The molecule has 2 rings (SSSR count). The lowest BCUT2D eigenvalue weighted by molar-refractivity contribution is 0.0597. The monoisotopic (exact) mass is 300 g/mol. The molecule has 0 unspecified atom stereocenters. The Kier molecular flexibility index (Phi) is 5.07. The van der Waals surface area contributed by atoms with E-state index in [-0.39, 0.29) is 5.97 Å². The minimum absolute atomic E-state index is 0.282.